The molecule has 0 spiro atoms. The van der Waals surface area contributed by atoms with Crippen LogP contribution in [0.5, 0.6) is 5.75 Å². The number of carbonyl (C=O) groups excluding carboxylic acids is 1. The molecule has 1 aliphatic rings. The van der Waals surface area contributed by atoms with Crippen LogP contribution in [0.15, 0.2) is 24.3 Å². The fraction of sp³-hybridized carbons (Fsp3) is 0.300. The van der Waals surface area contributed by atoms with Gasteiger partial charge in [-0.15, -0.1) is 0 Å². The highest BCUT2D eigenvalue weighted by atomic mass is 16.3. The molecule has 2 amide bonds. The van der Waals surface area contributed by atoms with Crippen LogP contribution in [-0.4, -0.2) is 30.3 Å². The van der Waals surface area contributed by atoms with Crippen molar-refractivity contribution in [2.24, 2.45) is 0 Å². The van der Waals surface area contributed by atoms with Gasteiger partial charge in [-0.2, -0.15) is 0 Å². The predicted molar refractivity (Wildman–Crippen MR) is 56.9 cm³/mol. The van der Waals surface area contributed by atoms with Gasteiger partial charge >= 0.3 is 6.03 Å². The normalized spacial score (nSPS) is 15.5. The first kappa shape index (κ1) is 9.79. The van der Waals surface area contributed by atoms with Gasteiger partial charge in [-0.1, -0.05) is 0 Å². The van der Waals surface area contributed by atoms with Crippen molar-refractivity contribution < 1.29 is 9.90 Å². The van der Waals surface area contributed by atoms with Crippen molar-refractivity contribution in [1.82, 2.24) is 10.6 Å². The summed E-state index contributed by atoms with van der Waals surface area (Å²) in [6, 6.07) is 6.36. The van der Waals surface area contributed by atoms with Crippen LogP contribution < -0.4 is 16.0 Å². The molecule has 0 bridgehead atoms. The van der Waals surface area contributed by atoms with Gasteiger partial charge in [0.15, 0.2) is 0 Å². The Morgan fingerprint density at radius 3 is 2.53 bits per heavy atom. The van der Waals surface area contributed by atoms with E-state index in [0.29, 0.717) is 5.69 Å². The third kappa shape index (κ3) is 2.60. The molecule has 0 atom stereocenters. The van der Waals surface area contributed by atoms with Gasteiger partial charge in [0.1, 0.15) is 5.75 Å². The first-order chi connectivity index (χ1) is 7.24. The van der Waals surface area contributed by atoms with Crippen LogP contribution >= 0.6 is 0 Å². The minimum Gasteiger partial charge on any atom is -0.508 e. The Balaban J connectivity index is 1.84. The van der Waals surface area contributed by atoms with Crippen LogP contribution in [0.3, 0.4) is 0 Å². The number of urea groups is 1. The van der Waals surface area contributed by atoms with Crippen LogP contribution in [0.4, 0.5) is 10.5 Å². The maximum absolute atomic E-state index is 11.4. The summed E-state index contributed by atoms with van der Waals surface area (Å²) in [5, 5.41) is 17.6. The van der Waals surface area contributed by atoms with E-state index in [0.717, 1.165) is 13.1 Å². The number of benzene rings is 1. The average molecular weight is 207 g/mol. The predicted octanol–water partition coefficient (Wildman–Crippen LogP) is 0.485. The van der Waals surface area contributed by atoms with Crippen molar-refractivity contribution >= 4 is 11.7 Å². The highest BCUT2D eigenvalue weighted by molar-refractivity contribution is 5.89. The molecular formula is C10H13N3O2. The molecule has 1 heterocycles. The van der Waals surface area contributed by atoms with Crippen LogP contribution in [-0.2, 0) is 0 Å². The lowest BCUT2D eigenvalue weighted by atomic mass is 10.2. The lowest BCUT2D eigenvalue weighted by Crippen LogP contribution is -2.57. The van der Waals surface area contributed by atoms with E-state index >= 15 is 0 Å². The quantitative estimate of drug-likeness (QED) is 0.533. The number of phenols is 1. The van der Waals surface area contributed by atoms with Gasteiger partial charge in [-0.25, -0.2) is 4.79 Å². The summed E-state index contributed by atoms with van der Waals surface area (Å²) in [5.41, 5.74) is 0.664. The zero-order chi connectivity index (χ0) is 10.7. The largest absolute Gasteiger partial charge is 0.508 e. The van der Waals surface area contributed by atoms with Crippen molar-refractivity contribution in [3.05, 3.63) is 24.3 Å². The first-order valence-corrected chi connectivity index (χ1v) is 4.81. The van der Waals surface area contributed by atoms with E-state index in [1.54, 1.807) is 12.1 Å². The van der Waals surface area contributed by atoms with Gasteiger partial charge in [0.25, 0.3) is 0 Å². The number of amides is 2. The van der Waals surface area contributed by atoms with Gasteiger partial charge in [-0.3, -0.25) is 0 Å². The molecule has 0 aliphatic carbocycles. The molecule has 1 saturated heterocycles. The first-order valence-electron chi connectivity index (χ1n) is 4.81. The number of hydrogen-bond donors (Lipinski definition) is 4. The second kappa shape index (κ2) is 4.18. The van der Waals surface area contributed by atoms with Crippen LogP contribution in [0.1, 0.15) is 0 Å². The average Bonchev–Trinajstić information content (AvgIpc) is 2.16. The van der Waals surface area contributed by atoms with Gasteiger partial charge < -0.3 is 21.1 Å². The third-order valence-corrected chi connectivity index (χ3v) is 2.24. The summed E-state index contributed by atoms with van der Waals surface area (Å²) in [6.07, 6.45) is 0. The zero-order valence-electron chi connectivity index (χ0n) is 8.16. The Hall–Kier alpha value is -1.75. The minimum absolute atomic E-state index is 0.184. The van der Waals surface area contributed by atoms with Gasteiger partial charge in [-0.05, 0) is 24.3 Å². The van der Waals surface area contributed by atoms with E-state index in [4.69, 9.17) is 5.11 Å². The third-order valence-electron chi connectivity index (χ3n) is 2.24. The molecule has 0 saturated carbocycles. The molecule has 15 heavy (non-hydrogen) atoms. The van der Waals surface area contributed by atoms with Crippen molar-refractivity contribution in [2.45, 2.75) is 6.04 Å². The Labute approximate surface area is 87.5 Å². The van der Waals surface area contributed by atoms with E-state index in [1.807, 2.05) is 0 Å². The standard InChI is InChI=1S/C10H13N3O2/c14-9-3-1-7(2-4-9)12-10(15)13-8-5-11-6-8/h1-4,8,11,14H,5-6H2,(H2,12,13,15). The van der Waals surface area contributed by atoms with E-state index in [1.165, 1.54) is 12.1 Å². The lowest BCUT2D eigenvalue weighted by Gasteiger charge is -2.27. The monoisotopic (exact) mass is 207 g/mol. The van der Waals surface area contributed by atoms with Gasteiger partial charge in [0.05, 0.1) is 6.04 Å². The summed E-state index contributed by atoms with van der Waals surface area (Å²) >= 11 is 0. The van der Waals surface area contributed by atoms with Crippen molar-refractivity contribution in [3.8, 4) is 5.75 Å². The van der Waals surface area contributed by atoms with Gasteiger partial charge in [0, 0.05) is 18.8 Å². The summed E-state index contributed by atoms with van der Waals surface area (Å²) in [4.78, 5) is 11.4. The Kier molecular flexibility index (Phi) is 2.73. The van der Waals surface area contributed by atoms with E-state index in [2.05, 4.69) is 16.0 Å². The molecular weight excluding hydrogens is 194 g/mol. The van der Waals surface area contributed by atoms with E-state index in [-0.39, 0.29) is 17.8 Å². The fourth-order valence-corrected chi connectivity index (χ4v) is 1.29. The Bertz CT molecular complexity index is 346. The second-order valence-corrected chi connectivity index (χ2v) is 3.50. The molecule has 1 aromatic rings. The number of hydrogen-bond acceptors (Lipinski definition) is 3. The summed E-state index contributed by atoms with van der Waals surface area (Å²) < 4.78 is 0. The maximum Gasteiger partial charge on any atom is 0.319 e. The molecule has 1 aliphatic heterocycles. The molecule has 5 heteroatoms. The molecule has 0 aromatic heterocycles. The molecule has 1 aromatic carbocycles. The minimum atomic E-state index is -0.216. The summed E-state index contributed by atoms with van der Waals surface area (Å²) in [5.74, 6) is 0.184. The molecule has 0 unspecified atom stereocenters. The van der Waals surface area contributed by atoms with Crippen molar-refractivity contribution in [2.75, 3.05) is 18.4 Å². The number of phenolic OH excluding ortho intramolecular Hbond substituents is 1. The summed E-state index contributed by atoms with van der Waals surface area (Å²) in [7, 11) is 0. The maximum atomic E-state index is 11.4. The lowest BCUT2D eigenvalue weighted by molar-refractivity contribution is 0.243. The fourth-order valence-electron chi connectivity index (χ4n) is 1.29. The number of nitrogens with one attached hydrogen (secondary N) is 3. The number of carbonyl (C=O) groups is 1. The second-order valence-electron chi connectivity index (χ2n) is 3.50. The van der Waals surface area contributed by atoms with E-state index in [9.17, 15) is 4.79 Å². The van der Waals surface area contributed by atoms with Crippen molar-refractivity contribution in [3.63, 3.8) is 0 Å². The molecule has 0 radical (unpaired) electrons. The molecule has 4 N–H and O–H groups in total. The Morgan fingerprint density at radius 2 is 2.00 bits per heavy atom. The van der Waals surface area contributed by atoms with Gasteiger partial charge in [0.2, 0.25) is 0 Å². The van der Waals surface area contributed by atoms with Crippen LogP contribution in [0.2, 0.25) is 0 Å². The zero-order valence-corrected chi connectivity index (χ0v) is 8.16. The number of anilines is 1. The van der Waals surface area contributed by atoms with Crippen LogP contribution in [0.25, 0.3) is 0 Å². The Morgan fingerprint density at radius 1 is 1.33 bits per heavy atom. The smallest absolute Gasteiger partial charge is 0.319 e. The molecule has 1 fully saturated rings. The highest BCUT2D eigenvalue weighted by Gasteiger charge is 2.18. The summed E-state index contributed by atoms with van der Waals surface area (Å²) in [6.45, 7) is 1.64. The SMILES string of the molecule is O=C(Nc1ccc(O)cc1)NC1CNC1. The highest BCUT2D eigenvalue weighted by Crippen LogP contribution is 2.13. The number of rotatable bonds is 2. The topological polar surface area (TPSA) is 73.4 Å². The molecule has 5 nitrogen and oxygen atoms in total. The number of aromatic hydroxyl groups is 1. The van der Waals surface area contributed by atoms with Crippen molar-refractivity contribution in [1.29, 1.82) is 0 Å². The molecule has 2 rings (SSSR count). The van der Waals surface area contributed by atoms with E-state index < -0.39 is 0 Å². The van der Waals surface area contributed by atoms with Crippen LogP contribution in [0, 0.1) is 0 Å². The molecule has 80 valence electrons.